The van der Waals surface area contributed by atoms with Crippen LogP contribution in [0.2, 0.25) is 0 Å². The molecule has 0 bridgehead atoms. The van der Waals surface area contributed by atoms with E-state index < -0.39 is 5.97 Å². The Hall–Kier alpha value is -4.21. The fraction of sp³-hybridized carbons (Fsp3) is 0.161. The SMILES string of the molecule is CCOC(=O)c1c(-c2ccccc2)csc1NC(=O)CSc1nc2ccccc2c(=O)n1-c1ccc(CC)cc1. The van der Waals surface area contributed by atoms with Crippen LogP contribution in [0.25, 0.3) is 27.7 Å². The number of amides is 1. The Morgan fingerprint density at radius 2 is 1.70 bits per heavy atom. The molecule has 1 amide bonds. The molecular formula is C31H27N3O4S2. The number of benzene rings is 3. The second kappa shape index (κ2) is 12.3. The van der Waals surface area contributed by atoms with Crippen LogP contribution in [0, 0.1) is 0 Å². The molecule has 2 heterocycles. The molecule has 0 fully saturated rings. The van der Waals surface area contributed by atoms with Gasteiger partial charge in [0, 0.05) is 10.9 Å². The molecule has 1 N–H and O–H groups in total. The minimum atomic E-state index is -0.494. The molecule has 3 aromatic carbocycles. The number of aromatic nitrogens is 2. The number of esters is 1. The van der Waals surface area contributed by atoms with Gasteiger partial charge in [0.05, 0.1) is 29.0 Å². The fourth-order valence-corrected chi connectivity index (χ4v) is 6.08. The first kappa shape index (κ1) is 27.4. The van der Waals surface area contributed by atoms with E-state index in [1.165, 1.54) is 11.3 Å². The van der Waals surface area contributed by atoms with Gasteiger partial charge in [-0.25, -0.2) is 9.78 Å². The van der Waals surface area contributed by atoms with Gasteiger partial charge in [0.25, 0.3) is 5.56 Å². The van der Waals surface area contributed by atoms with E-state index in [4.69, 9.17) is 9.72 Å². The zero-order valence-electron chi connectivity index (χ0n) is 22.0. The standard InChI is InChI=1S/C31H27N3O4S2/c1-3-20-14-16-22(17-15-20)34-29(36)23-12-8-9-13-25(23)32-31(34)40-19-26(35)33-28-27(30(37)38-4-2)24(18-39-28)21-10-6-5-7-11-21/h5-18H,3-4,19H2,1-2H3,(H,33,35). The molecule has 5 rings (SSSR count). The average molecular weight is 570 g/mol. The van der Waals surface area contributed by atoms with Gasteiger partial charge < -0.3 is 10.1 Å². The van der Waals surface area contributed by atoms with Crippen molar-refractivity contribution in [1.82, 2.24) is 9.55 Å². The predicted molar refractivity (Wildman–Crippen MR) is 162 cm³/mol. The normalized spacial score (nSPS) is 10.9. The van der Waals surface area contributed by atoms with E-state index in [9.17, 15) is 14.4 Å². The second-order valence-electron chi connectivity index (χ2n) is 8.85. The number of thioether (sulfide) groups is 1. The fourth-order valence-electron chi connectivity index (χ4n) is 4.30. The van der Waals surface area contributed by atoms with E-state index in [1.54, 1.807) is 23.6 Å². The molecule has 0 saturated carbocycles. The summed E-state index contributed by atoms with van der Waals surface area (Å²) in [6.07, 6.45) is 0.884. The van der Waals surface area contributed by atoms with Gasteiger partial charge in [-0.3, -0.25) is 14.2 Å². The molecule has 0 radical (unpaired) electrons. The number of nitrogens with zero attached hydrogens (tertiary/aromatic N) is 2. The number of ether oxygens (including phenoxy) is 1. The third-order valence-corrected chi connectivity index (χ3v) is 8.12. The summed E-state index contributed by atoms with van der Waals surface area (Å²) in [5.41, 5.74) is 4.08. The summed E-state index contributed by atoms with van der Waals surface area (Å²) in [6.45, 7) is 4.03. The van der Waals surface area contributed by atoms with Crippen LogP contribution in [0.4, 0.5) is 5.00 Å². The Balaban J connectivity index is 1.44. The maximum atomic E-state index is 13.5. The number of hydrogen-bond acceptors (Lipinski definition) is 7. The molecular weight excluding hydrogens is 542 g/mol. The zero-order valence-corrected chi connectivity index (χ0v) is 23.7. The monoisotopic (exact) mass is 569 g/mol. The smallest absolute Gasteiger partial charge is 0.341 e. The van der Waals surface area contributed by atoms with Crippen molar-refractivity contribution in [2.24, 2.45) is 0 Å². The molecule has 0 unspecified atom stereocenters. The highest BCUT2D eigenvalue weighted by atomic mass is 32.2. The predicted octanol–water partition coefficient (Wildman–Crippen LogP) is 6.58. The van der Waals surface area contributed by atoms with Gasteiger partial charge in [0.1, 0.15) is 10.6 Å². The molecule has 202 valence electrons. The Kier molecular flexibility index (Phi) is 8.42. The molecule has 0 aliphatic rings. The van der Waals surface area contributed by atoms with Crippen molar-refractivity contribution < 1.29 is 14.3 Å². The number of carbonyl (C=O) groups excluding carboxylic acids is 2. The van der Waals surface area contributed by atoms with Gasteiger partial charge in [0.15, 0.2) is 5.16 Å². The molecule has 0 aliphatic carbocycles. The Bertz CT molecular complexity index is 1730. The van der Waals surface area contributed by atoms with Crippen molar-refractivity contribution in [3.05, 3.63) is 106 Å². The molecule has 2 aromatic heterocycles. The lowest BCUT2D eigenvalue weighted by Gasteiger charge is -2.14. The summed E-state index contributed by atoms with van der Waals surface area (Å²) in [5.74, 6) is -0.836. The van der Waals surface area contributed by atoms with Crippen LogP contribution in [0.15, 0.2) is 94.2 Å². The quantitative estimate of drug-likeness (QED) is 0.122. The first-order valence-corrected chi connectivity index (χ1v) is 14.7. The van der Waals surface area contributed by atoms with Crippen LogP contribution in [-0.2, 0) is 16.0 Å². The minimum absolute atomic E-state index is 0.0152. The van der Waals surface area contributed by atoms with Crippen molar-refractivity contribution in [3.63, 3.8) is 0 Å². The van der Waals surface area contributed by atoms with Crippen molar-refractivity contribution in [2.75, 3.05) is 17.7 Å². The first-order chi connectivity index (χ1) is 19.5. The van der Waals surface area contributed by atoms with Gasteiger partial charge >= 0.3 is 5.97 Å². The largest absolute Gasteiger partial charge is 0.462 e. The second-order valence-corrected chi connectivity index (χ2v) is 10.7. The van der Waals surface area contributed by atoms with Crippen LogP contribution in [0.1, 0.15) is 29.8 Å². The van der Waals surface area contributed by atoms with Crippen LogP contribution in [-0.4, -0.2) is 33.8 Å². The number of nitrogens with one attached hydrogen (secondary N) is 1. The van der Waals surface area contributed by atoms with E-state index in [2.05, 4.69) is 12.2 Å². The average Bonchev–Trinajstić information content (AvgIpc) is 3.40. The number of fused-ring (bicyclic) bond motifs is 1. The van der Waals surface area contributed by atoms with Gasteiger partial charge in [0.2, 0.25) is 5.91 Å². The van der Waals surface area contributed by atoms with Gasteiger partial charge in [-0.2, -0.15) is 0 Å². The first-order valence-electron chi connectivity index (χ1n) is 12.9. The lowest BCUT2D eigenvalue weighted by molar-refractivity contribution is -0.113. The summed E-state index contributed by atoms with van der Waals surface area (Å²) in [4.78, 5) is 44.3. The van der Waals surface area contributed by atoms with Crippen molar-refractivity contribution >= 4 is 50.9 Å². The number of thiophene rings is 1. The minimum Gasteiger partial charge on any atom is -0.462 e. The molecule has 0 saturated heterocycles. The van der Waals surface area contributed by atoms with Gasteiger partial charge in [-0.15, -0.1) is 11.3 Å². The molecule has 40 heavy (non-hydrogen) atoms. The third kappa shape index (κ3) is 5.71. The van der Waals surface area contributed by atoms with Crippen LogP contribution in [0.3, 0.4) is 0 Å². The highest BCUT2D eigenvalue weighted by Gasteiger charge is 2.23. The Morgan fingerprint density at radius 1 is 0.975 bits per heavy atom. The number of hydrogen-bond donors (Lipinski definition) is 1. The van der Waals surface area contributed by atoms with E-state index in [0.29, 0.717) is 37.9 Å². The zero-order chi connectivity index (χ0) is 28.1. The lowest BCUT2D eigenvalue weighted by atomic mass is 10.0. The molecule has 0 spiro atoms. The Morgan fingerprint density at radius 3 is 2.42 bits per heavy atom. The molecule has 7 nitrogen and oxygen atoms in total. The van der Waals surface area contributed by atoms with Crippen molar-refractivity contribution in [3.8, 4) is 16.8 Å². The van der Waals surface area contributed by atoms with Crippen LogP contribution in [0.5, 0.6) is 0 Å². The van der Waals surface area contributed by atoms with E-state index >= 15 is 0 Å². The number of carbonyl (C=O) groups is 2. The molecule has 0 aliphatic heterocycles. The van der Waals surface area contributed by atoms with E-state index in [-0.39, 0.29) is 23.8 Å². The topological polar surface area (TPSA) is 90.3 Å². The van der Waals surface area contributed by atoms with E-state index in [1.807, 2.05) is 72.1 Å². The van der Waals surface area contributed by atoms with Crippen LogP contribution >= 0.6 is 23.1 Å². The molecule has 5 aromatic rings. The maximum absolute atomic E-state index is 13.5. The molecule has 0 atom stereocenters. The Labute approximate surface area is 239 Å². The van der Waals surface area contributed by atoms with Crippen LogP contribution < -0.4 is 10.9 Å². The number of rotatable bonds is 9. The molecule has 9 heteroatoms. The summed E-state index contributed by atoms with van der Waals surface area (Å²) >= 11 is 2.43. The maximum Gasteiger partial charge on any atom is 0.341 e. The number of anilines is 1. The van der Waals surface area contributed by atoms with Gasteiger partial charge in [-0.05, 0) is 48.7 Å². The lowest BCUT2D eigenvalue weighted by Crippen LogP contribution is -2.23. The number of para-hydroxylation sites is 1. The van der Waals surface area contributed by atoms with Crippen molar-refractivity contribution in [2.45, 2.75) is 25.4 Å². The summed E-state index contributed by atoms with van der Waals surface area (Å²) in [5, 5.41) is 6.05. The number of aryl methyl sites for hydroxylation is 1. The van der Waals surface area contributed by atoms with Gasteiger partial charge in [-0.1, -0.05) is 73.3 Å². The van der Waals surface area contributed by atoms with E-state index in [0.717, 1.165) is 29.3 Å². The summed E-state index contributed by atoms with van der Waals surface area (Å²) in [6, 6.07) is 24.4. The highest BCUT2D eigenvalue weighted by molar-refractivity contribution is 7.99. The van der Waals surface area contributed by atoms with Crippen molar-refractivity contribution in [1.29, 1.82) is 0 Å². The summed E-state index contributed by atoms with van der Waals surface area (Å²) < 4.78 is 6.84. The third-order valence-electron chi connectivity index (χ3n) is 6.29. The summed E-state index contributed by atoms with van der Waals surface area (Å²) in [7, 11) is 0. The highest BCUT2D eigenvalue weighted by Crippen LogP contribution is 2.36.